The molecule has 0 aromatic rings. The number of hydroxylamine groups is 4. The molecule has 0 spiro atoms. The second-order valence-electron chi connectivity index (χ2n) is 13.7. The lowest BCUT2D eigenvalue weighted by atomic mass is 9.64. The van der Waals surface area contributed by atoms with Gasteiger partial charge in [-0.25, -0.2) is 0 Å². The summed E-state index contributed by atoms with van der Waals surface area (Å²) in [5.74, 6) is 4.74. The number of hydrogen-bond donors (Lipinski definition) is 3. The zero-order valence-electron chi connectivity index (χ0n) is 24.5. The minimum absolute atomic E-state index is 0.198. The second-order valence-corrected chi connectivity index (χ2v) is 13.7. The van der Waals surface area contributed by atoms with Gasteiger partial charge in [0.05, 0.1) is 25.7 Å². The summed E-state index contributed by atoms with van der Waals surface area (Å²) in [5, 5.41) is 26.4. The molecular weight excluding hydrogens is 446 g/mol. The highest BCUT2D eigenvalue weighted by atomic mass is 16.5. The molecule has 2 bridgehead atoms. The van der Waals surface area contributed by atoms with E-state index in [1.807, 2.05) is 0 Å². The molecule has 9 unspecified atom stereocenters. The van der Waals surface area contributed by atoms with Crippen LogP contribution in [-0.2, 0) is 0 Å². The van der Waals surface area contributed by atoms with Crippen LogP contribution in [-0.4, -0.2) is 31.7 Å². The van der Waals surface area contributed by atoms with Gasteiger partial charge in [0.2, 0.25) is 0 Å². The van der Waals surface area contributed by atoms with Crippen LogP contribution in [0.1, 0.15) is 124 Å². The van der Waals surface area contributed by atoms with Crippen molar-refractivity contribution in [1.82, 2.24) is 0 Å². The fourth-order valence-electron chi connectivity index (χ4n) is 8.47. The van der Waals surface area contributed by atoms with Crippen LogP contribution in [0.2, 0.25) is 0 Å². The highest BCUT2D eigenvalue weighted by Crippen LogP contribution is 2.43. The Morgan fingerprint density at radius 3 is 2.36 bits per heavy atom. The molecule has 0 amide bonds. The van der Waals surface area contributed by atoms with Gasteiger partial charge in [-0.15, -0.1) is 0 Å². The molecule has 3 rings (SSSR count). The van der Waals surface area contributed by atoms with Gasteiger partial charge in [-0.3, -0.25) is 0 Å². The van der Waals surface area contributed by atoms with E-state index in [4.69, 9.17) is 5.73 Å². The standard InChI is InChI=1S/C31H61N3O2/c1-6-24-19-28(20-24)29(23(4)33(5)35)14-9-8-12-27-21-25-11-10-13-26(16-15-25)30(32)17-22(3)18-31(27)34(36)7-2/h22-31,33-34H,6-21,32H2,1-5H3/t22?,23?,24?,25?,26-,27?,28?,29?,30?,31?/m1/s1. The summed E-state index contributed by atoms with van der Waals surface area (Å²) < 4.78 is 0. The van der Waals surface area contributed by atoms with Crippen LogP contribution in [0.4, 0.5) is 0 Å². The van der Waals surface area contributed by atoms with E-state index in [1.54, 1.807) is 7.05 Å². The molecule has 3 fully saturated rings. The lowest BCUT2D eigenvalue weighted by Gasteiger charge is -2.44. The highest BCUT2D eigenvalue weighted by Gasteiger charge is 2.38. The Labute approximate surface area is 223 Å². The molecule has 212 valence electrons. The van der Waals surface area contributed by atoms with E-state index in [2.05, 4.69) is 27.7 Å². The van der Waals surface area contributed by atoms with E-state index in [0.29, 0.717) is 46.4 Å². The Hall–Kier alpha value is -0.200. The maximum atomic E-state index is 13.3. The second kappa shape index (κ2) is 14.8. The first-order chi connectivity index (χ1) is 17.2. The Morgan fingerprint density at radius 2 is 1.69 bits per heavy atom. The fourth-order valence-corrected chi connectivity index (χ4v) is 8.47. The van der Waals surface area contributed by atoms with Crippen LogP contribution in [0.25, 0.3) is 0 Å². The predicted octanol–water partition coefficient (Wildman–Crippen LogP) is 4.73. The molecule has 36 heavy (non-hydrogen) atoms. The molecular formula is C31H61N3O2. The van der Waals surface area contributed by atoms with Gasteiger partial charge in [0.25, 0.3) is 0 Å². The van der Waals surface area contributed by atoms with Crippen molar-refractivity contribution in [3.8, 4) is 0 Å². The Bertz CT molecular complexity index is 611. The number of rotatable bonds is 11. The summed E-state index contributed by atoms with van der Waals surface area (Å²) in [7, 11) is 1.79. The van der Waals surface area contributed by atoms with E-state index in [9.17, 15) is 10.4 Å². The first-order valence-electron chi connectivity index (χ1n) is 16.0. The van der Waals surface area contributed by atoms with Gasteiger partial charge in [-0.2, -0.15) is 0 Å². The molecule has 3 aliphatic carbocycles. The third kappa shape index (κ3) is 8.40. The van der Waals surface area contributed by atoms with E-state index >= 15 is 0 Å². The summed E-state index contributed by atoms with van der Waals surface area (Å²) in [5.41, 5.74) is 6.72. The molecule has 3 saturated carbocycles. The Balaban J connectivity index is 1.64. The van der Waals surface area contributed by atoms with Crippen LogP contribution >= 0.6 is 0 Å². The zero-order chi connectivity index (χ0) is 26.2. The van der Waals surface area contributed by atoms with Gasteiger partial charge in [0, 0.05) is 24.3 Å². The van der Waals surface area contributed by atoms with Crippen molar-refractivity contribution in [3.05, 3.63) is 10.4 Å². The van der Waals surface area contributed by atoms with E-state index in [1.165, 1.54) is 83.5 Å². The van der Waals surface area contributed by atoms with Crippen LogP contribution in [0.15, 0.2) is 0 Å². The Kier molecular flexibility index (Phi) is 12.5. The quantitative estimate of drug-likeness (QED) is 0.279. The number of fused-ring (bicyclic) bond motifs is 3. The first kappa shape index (κ1) is 30.3. The SMILES string of the molecule is CCC1CC(C(CCCCC2CC3CCC[C@H](CC3)C(N)CC(C)CC2[NH+]([O-])CC)C(C)[NH+](C)[O-])C1. The van der Waals surface area contributed by atoms with Crippen molar-refractivity contribution in [2.75, 3.05) is 13.6 Å². The van der Waals surface area contributed by atoms with Crippen LogP contribution in [0.5, 0.6) is 0 Å². The van der Waals surface area contributed by atoms with Crippen molar-refractivity contribution in [1.29, 1.82) is 0 Å². The summed E-state index contributed by atoms with van der Waals surface area (Å²) in [4.78, 5) is 0. The third-order valence-electron chi connectivity index (χ3n) is 11.1. The van der Waals surface area contributed by atoms with Gasteiger partial charge in [-0.05, 0) is 94.8 Å². The molecule has 0 aliphatic heterocycles. The molecule has 0 radical (unpaired) electrons. The largest absolute Gasteiger partial charge is 0.634 e. The molecule has 5 nitrogen and oxygen atoms in total. The topological polar surface area (TPSA) is 81.0 Å². The van der Waals surface area contributed by atoms with E-state index in [-0.39, 0.29) is 12.1 Å². The lowest BCUT2D eigenvalue weighted by Crippen LogP contribution is -3.12. The fraction of sp³-hybridized carbons (Fsp3) is 1.00. The number of nitrogens with two attached hydrogens (primary N) is 1. The van der Waals surface area contributed by atoms with Gasteiger partial charge < -0.3 is 26.3 Å². The monoisotopic (exact) mass is 507 g/mol. The summed E-state index contributed by atoms with van der Waals surface area (Å²) in [6.45, 7) is 9.57. The van der Waals surface area contributed by atoms with Gasteiger partial charge >= 0.3 is 0 Å². The van der Waals surface area contributed by atoms with Crippen molar-refractivity contribution in [3.63, 3.8) is 0 Å². The van der Waals surface area contributed by atoms with Crippen molar-refractivity contribution in [2.45, 2.75) is 142 Å². The maximum Gasteiger partial charge on any atom is 0.0902 e. The molecule has 0 saturated heterocycles. The zero-order valence-corrected chi connectivity index (χ0v) is 24.5. The lowest BCUT2D eigenvalue weighted by molar-refractivity contribution is -0.879. The molecule has 10 atom stereocenters. The van der Waals surface area contributed by atoms with Crippen LogP contribution in [0, 0.1) is 51.8 Å². The highest BCUT2D eigenvalue weighted by molar-refractivity contribution is 4.87. The third-order valence-corrected chi connectivity index (χ3v) is 11.1. The number of unbranched alkanes of at least 4 members (excludes halogenated alkanes) is 1. The van der Waals surface area contributed by atoms with Crippen molar-refractivity contribution >= 4 is 0 Å². The van der Waals surface area contributed by atoms with E-state index < -0.39 is 0 Å². The van der Waals surface area contributed by atoms with Gasteiger partial charge in [0.15, 0.2) is 0 Å². The molecule has 0 aromatic heterocycles. The van der Waals surface area contributed by atoms with E-state index in [0.717, 1.165) is 30.6 Å². The summed E-state index contributed by atoms with van der Waals surface area (Å²) >= 11 is 0. The number of hydrogen-bond acceptors (Lipinski definition) is 3. The minimum atomic E-state index is 0.198. The minimum Gasteiger partial charge on any atom is -0.634 e. The normalized spacial score (nSPS) is 39.3. The molecule has 5 heteroatoms. The summed E-state index contributed by atoms with van der Waals surface area (Å²) in [6.07, 6.45) is 18.7. The molecule has 0 aromatic carbocycles. The molecule has 4 N–H and O–H groups in total. The summed E-state index contributed by atoms with van der Waals surface area (Å²) in [6, 6.07) is 0.731. The first-order valence-corrected chi connectivity index (χ1v) is 16.0. The average molecular weight is 508 g/mol. The smallest absolute Gasteiger partial charge is 0.0902 e. The maximum absolute atomic E-state index is 13.3. The van der Waals surface area contributed by atoms with Crippen molar-refractivity contribution < 1.29 is 10.1 Å². The van der Waals surface area contributed by atoms with Crippen LogP contribution in [0.3, 0.4) is 0 Å². The van der Waals surface area contributed by atoms with Gasteiger partial charge in [0.1, 0.15) is 0 Å². The van der Waals surface area contributed by atoms with Crippen LogP contribution < -0.4 is 15.9 Å². The molecule has 3 aliphatic rings. The number of quaternary nitrogens is 2. The Morgan fingerprint density at radius 1 is 0.944 bits per heavy atom. The average Bonchev–Trinajstić information content (AvgIpc) is 3.07. The van der Waals surface area contributed by atoms with Crippen molar-refractivity contribution in [2.24, 2.45) is 47.2 Å². The molecule has 0 heterocycles. The number of nitrogens with one attached hydrogen (secondary N) is 2. The van der Waals surface area contributed by atoms with Gasteiger partial charge in [-0.1, -0.05) is 52.4 Å². The predicted molar refractivity (Wildman–Crippen MR) is 151 cm³/mol.